The molecule has 2 saturated heterocycles. The summed E-state index contributed by atoms with van der Waals surface area (Å²) in [5.74, 6) is -2.46. The molecule has 2 aliphatic heterocycles. The van der Waals surface area contributed by atoms with Gasteiger partial charge in [0.2, 0.25) is 0 Å². The normalized spacial score (nSPS) is 44.0. The van der Waals surface area contributed by atoms with Crippen LogP contribution in [0.5, 0.6) is 0 Å². The van der Waals surface area contributed by atoms with Crippen LogP contribution in [0.25, 0.3) is 0 Å². The predicted octanol–water partition coefficient (Wildman–Crippen LogP) is 1.48. The highest BCUT2D eigenvalue weighted by molar-refractivity contribution is 5.92. The molecule has 0 saturated carbocycles. The van der Waals surface area contributed by atoms with Crippen molar-refractivity contribution in [2.24, 2.45) is 11.8 Å². The molecule has 3 aliphatic rings. The van der Waals surface area contributed by atoms with Gasteiger partial charge in [-0.05, 0) is 26.8 Å². The summed E-state index contributed by atoms with van der Waals surface area (Å²) in [5.41, 5.74) is -0.129. The number of allylic oxidation sites excluding steroid dienone is 1. The number of rotatable bonds is 2. The Morgan fingerprint density at radius 1 is 1.33 bits per heavy atom. The largest absolute Gasteiger partial charge is 0.458 e. The quantitative estimate of drug-likeness (QED) is 0.441. The predicted molar refractivity (Wildman–Crippen MR) is 94.5 cm³/mol. The van der Waals surface area contributed by atoms with Gasteiger partial charge in [-0.2, -0.15) is 0 Å². The van der Waals surface area contributed by atoms with Crippen molar-refractivity contribution in [3.63, 3.8) is 0 Å². The van der Waals surface area contributed by atoms with E-state index in [-0.39, 0.29) is 23.9 Å². The van der Waals surface area contributed by atoms with Crippen molar-refractivity contribution in [2.75, 3.05) is 0 Å². The lowest BCUT2D eigenvalue weighted by Crippen LogP contribution is -2.47. The molecule has 1 N–H and O–H groups in total. The molecule has 148 valence electrons. The fraction of sp³-hybridized carbons (Fsp3) is 0.650. The molecule has 0 amide bonds. The molecule has 2 fully saturated rings. The third-order valence-corrected chi connectivity index (χ3v) is 5.83. The number of hydrogen-bond donors (Lipinski definition) is 1. The highest BCUT2D eigenvalue weighted by Crippen LogP contribution is 2.40. The Morgan fingerprint density at radius 2 is 1.96 bits per heavy atom. The smallest absolute Gasteiger partial charge is 0.341 e. The second kappa shape index (κ2) is 6.87. The van der Waals surface area contributed by atoms with Gasteiger partial charge in [0.1, 0.15) is 18.3 Å². The topological polar surface area (TPSA) is 102 Å². The summed E-state index contributed by atoms with van der Waals surface area (Å²) in [4.78, 5) is 36.9. The van der Waals surface area contributed by atoms with E-state index in [2.05, 4.69) is 6.58 Å². The average molecular weight is 378 g/mol. The molecule has 0 unspecified atom stereocenters. The SMILES string of the molecule is C=C1C(=O)O[C@@H]2C/C(C)=C\C(=O)C[C@H](C)[C@@H](OC(=O)[C@]3(C)O[C@H]3C)[C@H](O)[C@@H]12. The van der Waals surface area contributed by atoms with Crippen LogP contribution in [0.1, 0.15) is 40.5 Å². The number of carbonyl (C=O) groups excluding carboxylic acids is 3. The van der Waals surface area contributed by atoms with Crippen LogP contribution < -0.4 is 0 Å². The lowest BCUT2D eigenvalue weighted by Gasteiger charge is -2.34. The maximum atomic E-state index is 12.5. The Morgan fingerprint density at radius 3 is 2.56 bits per heavy atom. The van der Waals surface area contributed by atoms with Crippen LogP contribution in [-0.4, -0.2) is 52.8 Å². The van der Waals surface area contributed by atoms with E-state index in [1.165, 1.54) is 6.08 Å². The molecule has 7 atom stereocenters. The number of ether oxygens (including phenoxy) is 3. The van der Waals surface area contributed by atoms with E-state index in [0.717, 1.165) is 5.57 Å². The van der Waals surface area contributed by atoms with Crippen LogP contribution >= 0.6 is 0 Å². The molecule has 27 heavy (non-hydrogen) atoms. The van der Waals surface area contributed by atoms with Crippen LogP contribution in [0.2, 0.25) is 0 Å². The molecular formula is C20H26O7. The van der Waals surface area contributed by atoms with Gasteiger partial charge >= 0.3 is 11.9 Å². The molecule has 2 heterocycles. The van der Waals surface area contributed by atoms with Crippen LogP contribution in [-0.2, 0) is 28.6 Å². The van der Waals surface area contributed by atoms with Crippen LogP contribution in [0.3, 0.4) is 0 Å². The third-order valence-electron chi connectivity index (χ3n) is 5.83. The van der Waals surface area contributed by atoms with Crippen LogP contribution in [0.4, 0.5) is 0 Å². The van der Waals surface area contributed by atoms with Crippen molar-refractivity contribution in [1.29, 1.82) is 0 Å². The van der Waals surface area contributed by atoms with Crippen molar-refractivity contribution in [2.45, 2.75) is 70.6 Å². The number of epoxide rings is 1. The zero-order chi connectivity index (χ0) is 20.1. The van der Waals surface area contributed by atoms with E-state index >= 15 is 0 Å². The summed E-state index contributed by atoms with van der Waals surface area (Å²) in [7, 11) is 0. The van der Waals surface area contributed by atoms with Gasteiger partial charge in [0, 0.05) is 24.3 Å². The van der Waals surface area contributed by atoms with E-state index in [0.29, 0.717) is 6.42 Å². The van der Waals surface area contributed by atoms with Crippen molar-refractivity contribution in [1.82, 2.24) is 0 Å². The Balaban J connectivity index is 1.92. The Labute approximate surface area is 158 Å². The molecule has 7 nitrogen and oxygen atoms in total. The van der Waals surface area contributed by atoms with Crippen molar-refractivity contribution >= 4 is 17.7 Å². The summed E-state index contributed by atoms with van der Waals surface area (Å²) >= 11 is 0. The molecule has 0 aromatic heterocycles. The maximum Gasteiger partial charge on any atom is 0.341 e. The first-order valence-corrected chi connectivity index (χ1v) is 9.21. The van der Waals surface area contributed by atoms with E-state index in [1.54, 1.807) is 27.7 Å². The Bertz CT molecular complexity index is 724. The van der Waals surface area contributed by atoms with Crippen molar-refractivity contribution < 1.29 is 33.7 Å². The number of fused-ring (bicyclic) bond motifs is 1. The monoisotopic (exact) mass is 378 g/mol. The number of ketones is 1. The summed E-state index contributed by atoms with van der Waals surface area (Å²) in [6.45, 7) is 10.7. The first kappa shape index (κ1) is 19.8. The molecule has 0 bridgehead atoms. The maximum absolute atomic E-state index is 12.5. The summed E-state index contributed by atoms with van der Waals surface area (Å²) in [5, 5.41) is 11.1. The summed E-state index contributed by atoms with van der Waals surface area (Å²) < 4.78 is 16.3. The average Bonchev–Trinajstić information content (AvgIpc) is 3.08. The second-order valence-corrected chi connectivity index (χ2v) is 8.06. The molecule has 0 aromatic rings. The molecule has 7 heteroatoms. The van der Waals surface area contributed by atoms with Gasteiger partial charge in [-0.1, -0.05) is 19.1 Å². The fourth-order valence-corrected chi connectivity index (χ4v) is 3.90. The van der Waals surface area contributed by atoms with Gasteiger partial charge in [0.25, 0.3) is 0 Å². The fourth-order valence-electron chi connectivity index (χ4n) is 3.90. The summed E-state index contributed by atoms with van der Waals surface area (Å²) in [6.07, 6.45) is -1.19. The van der Waals surface area contributed by atoms with Gasteiger partial charge in [0.15, 0.2) is 11.4 Å². The third kappa shape index (κ3) is 3.58. The van der Waals surface area contributed by atoms with E-state index in [1.807, 2.05) is 0 Å². The highest BCUT2D eigenvalue weighted by Gasteiger charge is 2.58. The van der Waals surface area contributed by atoms with Gasteiger partial charge in [-0.15, -0.1) is 0 Å². The van der Waals surface area contributed by atoms with Gasteiger partial charge in [-0.3, -0.25) is 4.79 Å². The number of aliphatic hydroxyl groups is 1. The first-order valence-electron chi connectivity index (χ1n) is 9.21. The lowest BCUT2D eigenvalue weighted by molar-refractivity contribution is -0.169. The zero-order valence-electron chi connectivity index (χ0n) is 16.1. The first-order chi connectivity index (χ1) is 12.5. The Hall–Kier alpha value is -1.99. The Kier molecular flexibility index (Phi) is 5.03. The van der Waals surface area contributed by atoms with E-state index in [4.69, 9.17) is 14.2 Å². The van der Waals surface area contributed by atoms with E-state index in [9.17, 15) is 19.5 Å². The molecular weight excluding hydrogens is 352 g/mol. The molecule has 0 radical (unpaired) electrons. The molecule has 1 aliphatic carbocycles. The molecule has 0 aromatic carbocycles. The minimum Gasteiger partial charge on any atom is -0.458 e. The van der Waals surface area contributed by atoms with Gasteiger partial charge in [0.05, 0.1) is 12.0 Å². The van der Waals surface area contributed by atoms with E-state index < -0.39 is 47.7 Å². The minimum atomic E-state index is -1.22. The summed E-state index contributed by atoms with van der Waals surface area (Å²) in [6, 6.07) is 0. The molecule has 3 rings (SSSR count). The van der Waals surface area contributed by atoms with Crippen molar-refractivity contribution in [3.8, 4) is 0 Å². The van der Waals surface area contributed by atoms with Crippen LogP contribution in [0.15, 0.2) is 23.8 Å². The number of carbonyl (C=O) groups is 3. The minimum absolute atomic E-state index is 0.109. The lowest BCUT2D eigenvalue weighted by atomic mass is 9.80. The van der Waals surface area contributed by atoms with Crippen LogP contribution in [0, 0.1) is 11.8 Å². The number of hydrogen-bond acceptors (Lipinski definition) is 7. The van der Waals surface area contributed by atoms with Gasteiger partial charge < -0.3 is 19.3 Å². The van der Waals surface area contributed by atoms with Crippen molar-refractivity contribution in [3.05, 3.63) is 23.8 Å². The second-order valence-electron chi connectivity index (χ2n) is 8.06. The number of esters is 2. The van der Waals surface area contributed by atoms with Gasteiger partial charge in [-0.25, -0.2) is 9.59 Å². The standard InChI is InChI=1S/C20H26O7/c1-9-6-13(21)8-10(2)17(26-19(24)20(5)12(4)27-20)16(22)15-11(3)18(23)25-14(15)7-9/h6,10,12,14-17,22H,3,7-8H2,1-2,4-5H3/b9-6-/t10-,12-,14+,15-,16+,17+,20+/m0/s1. The number of aliphatic hydroxyl groups excluding tert-OH is 1. The molecule has 0 spiro atoms. The zero-order valence-corrected chi connectivity index (χ0v) is 16.1. The highest BCUT2D eigenvalue weighted by atomic mass is 16.7.